The van der Waals surface area contributed by atoms with E-state index in [-0.39, 0.29) is 0 Å². The Hall–Kier alpha value is -13.8. The molecule has 0 bridgehead atoms. The molecular formula is C100H72N4. The van der Waals surface area contributed by atoms with E-state index in [1.165, 1.54) is 99.2 Å². The molecule has 0 fully saturated rings. The maximum absolute atomic E-state index is 2.39. The van der Waals surface area contributed by atoms with Gasteiger partial charge in [-0.3, -0.25) is 0 Å². The second-order valence-corrected chi connectivity index (χ2v) is 26.1. The van der Waals surface area contributed by atoms with Crippen LogP contribution >= 0.6 is 0 Å². The van der Waals surface area contributed by atoms with Crippen LogP contribution in [0.1, 0.15) is 22.3 Å². The monoisotopic (exact) mass is 1330 g/mol. The molecule has 0 atom stereocenters. The van der Waals surface area contributed by atoms with Crippen LogP contribution < -0.4 is 9.80 Å². The minimum atomic E-state index is 1.12. The lowest BCUT2D eigenvalue weighted by molar-refractivity contribution is 1.18. The van der Waals surface area contributed by atoms with Crippen LogP contribution in [-0.4, -0.2) is 9.13 Å². The molecule has 0 unspecified atom stereocenters. The van der Waals surface area contributed by atoms with Crippen molar-refractivity contribution in [1.29, 1.82) is 0 Å². The molecule has 16 aromatic carbocycles. The van der Waals surface area contributed by atoms with E-state index in [1.807, 2.05) is 0 Å². The molecule has 18 aromatic rings. The van der Waals surface area contributed by atoms with Crippen LogP contribution in [0.3, 0.4) is 0 Å². The lowest BCUT2D eigenvalue weighted by Gasteiger charge is -2.25. The highest BCUT2D eigenvalue weighted by Crippen LogP contribution is 2.41. The van der Waals surface area contributed by atoms with Crippen LogP contribution in [0, 0.1) is 0 Å². The van der Waals surface area contributed by atoms with Gasteiger partial charge in [0.05, 0.1) is 22.1 Å². The maximum Gasteiger partial charge on any atom is 0.0541 e. The first-order valence-electron chi connectivity index (χ1n) is 35.5. The second kappa shape index (κ2) is 29.2. The minimum absolute atomic E-state index is 1.12. The number of nitrogens with zero attached hydrogens (tertiary/aromatic N) is 4. The van der Waals surface area contributed by atoms with Gasteiger partial charge in [-0.15, -0.1) is 0 Å². The Morgan fingerprint density at radius 2 is 0.385 bits per heavy atom. The van der Waals surface area contributed by atoms with Gasteiger partial charge >= 0.3 is 0 Å². The average molecular weight is 1330 g/mol. The Kier molecular flexibility index (Phi) is 17.9. The Balaban J connectivity index is 0.000000154. The lowest BCUT2D eigenvalue weighted by atomic mass is 10.0. The molecular weight excluding hydrogens is 1260 g/mol. The zero-order valence-electron chi connectivity index (χ0n) is 57.4. The number of anilines is 6. The van der Waals surface area contributed by atoms with E-state index in [0.717, 1.165) is 56.6 Å². The highest BCUT2D eigenvalue weighted by Gasteiger charge is 2.18. The quantitative estimate of drug-likeness (QED) is 0.0897. The molecule has 0 amide bonds. The number of para-hydroxylation sites is 6. The molecule has 104 heavy (non-hydrogen) atoms. The van der Waals surface area contributed by atoms with E-state index in [9.17, 15) is 0 Å². The van der Waals surface area contributed by atoms with Gasteiger partial charge in [-0.2, -0.15) is 0 Å². The second-order valence-electron chi connectivity index (χ2n) is 26.1. The molecule has 0 aliphatic carbocycles. The zero-order chi connectivity index (χ0) is 69.4. The van der Waals surface area contributed by atoms with Crippen molar-refractivity contribution in [3.8, 4) is 55.9 Å². The molecule has 0 aliphatic rings. The SMILES string of the molecule is C(=C\c1ccc(N(c2ccccc2)c2ccccc2)cc1)/c1ccc(-c2ccc(/C=C/c3ccc(N(c4ccccc4)c4ccccc4)cc3)cc2)cc1.c1ccc(-c2ccc(-n3c4ccccc4c4cc(-c5ccc6c(c5)c5ccccc5n6-c5ccc(-c6ccccc6)cc5)ccc43)cc2)cc1. The fraction of sp³-hybridized carbons (Fsp3) is 0. The van der Waals surface area contributed by atoms with Crippen LogP contribution in [0.4, 0.5) is 34.1 Å². The maximum atomic E-state index is 2.39. The Morgan fingerprint density at radius 1 is 0.163 bits per heavy atom. The molecule has 0 saturated heterocycles. The number of hydrogen-bond donors (Lipinski definition) is 0. The summed E-state index contributed by atoms with van der Waals surface area (Å²) < 4.78 is 4.78. The largest absolute Gasteiger partial charge is 0.311 e. The molecule has 4 heteroatoms. The molecule has 492 valence electrons. The molecule has 0 aliphatic heterocycles. The van der Waals surface area contributed by atoms with Crippen molar-refractivity contribution >= 4 is 102 Å². The fourth-order valence-corrected chi connectivity index (χ4v) is 14.4. The number of fused-ring (bicyclic) bond motifs is 6. The summed E-state index contributed by atoms with van der Waals surface area (Å²) in [6, 6.07) is 147. The molecule has 0 N–H and O–H groups in total. The Labute approximate surface area is 607 Å². The topological polar surface area (TPSA) is 16.3 Å². The van der Waals surface area contributed by atoms with Crippen molar-refractivity contribution in [2.45, 2.75) is 0 Å². The third-order valence-electron chi connectivity index (χ3n) is 19.6. The van der Waals surface area contributed by atoms with E-state index in [1.54, 1.807) is 0 Å². The van der Waals surface area contributed by atoms with Crippen molar-refractivity contribution < 1.29 is 0 Å². The van der Waals surface area contributed by atoms with Crippen LogP contribution in [0.2, 0.25) is 0 Å². The van der Waals surface area contributed by atoms with Gasteiger partial charge in [0.1, 0.15) is 0 Å². The molecule has 0 spiro atoms. The summed E-state index contributed by atoms with van der Waals surface area (Å²) in [6.45, 7) is 0. The summed E-state index contributed by atoms with van der Waals surface area (Å²) in [5.74, 6) is 0. The molecule has 2 heterocycles. The summed E-state index contributed by atoms with van der Waals surface area (Å²) in [4.78, 5) is 4.56. The van der Waals surface area contributed by atoms with Gasteiger partial charge in [-0.25, -0.2) is 0 Å². The summed E-state index contributed by atoms with van der Waals surface area (Å²) in [5.41, 5.74) is 28.3. The van der Waals surface area contributed by atoms with Crippen LogP contribution in [0.25, 0.3) is 124 Å². The van der Waals surface area contributed by atoms with Crippen molar-refractivity contribution in [2.24, 2.45) is 0 Å². The van der Waals surface area contributed by atoms with E-state index < -0.39 is 0 Å². The molecule has 2 aromatic heterocycles. The van der Waals surface area contributed by atoms with Gasteiger partial charge in [-0.1, -0.05) is 303 Å². The van der Waals surface area contributed by atoms with Crippen molar-refractivity contribution in [2.75, 3.05) is 9.80 Å². The zero-order valence-corrected chi connectivity index (χ0v) is 57.4. The van der Waals surface area contributed by atoms with Gasteiger partial charge < -0.3 is 18.9 Å². The third-order valence-corrected chi connectivity index (χ3v) is 19.6. The van der Waals surface area contributed by atoms with E-state index in [2.05, 4.69) is 456 Å². The Bertz CT molecular complexity index is 5540. The van der Waals surface area contributed by atoms with Gasteiger partial charge in [0.2, 0.25) is 0 Å². The van der Waals surface area contributed by atoms with Crippen LogP contribution in [-0.2, 0) is 0 Å². The predicted molar refractivity (Wildman–Crippen MR) is 443 cm³/mol. The molecule has 0 radical (unpaired) electrons. The Morgan fingerprint density at radius 3 is 0.692 bits per heavy atom. The van der Waals surface area contributed by atoms with Crippen LogP contribution in [0.5, 0.6) is 0 Å². The van der Waals surface area contributed by atoms with Gasteiger partial charge in [0.15, 0.2) is 0 Å². The summed E-state index contributed by atoms with van der Waals surface area (Å²) in [6.07, 6.45) is 8.69. The highest BCUT2D eigenvalue weighted by molar-refractivity contribution is 6.13. The molecule has 0 saturated carbocycles. The summed E-state index contributed by atoms with van der Waals surface area (Å²) in [7, 11) is 0. The smallest absolute Gasteiger partial charge is 0.0541 e. The summed E-state index contributed by atoms with van der Waals surface area (Å²) in [5, 5.41) is 5.03. The number of rotatable bonds is 16. The average Bonchev–Trinajstić information content (AvgIpc) is 1.59. The standard InChI is InChI=1S/C52H40N2.C48H32N2/c1-5-13-47(14-6-1)53(48-15-7-2-8-16-48)51-37-29-43(30-38-51)23-21-41-25-33-45(34-26-41)46-35-27-42(28-36-46)22-24-44-31-39-52(40-32-44)54(49-17-9-3-10-18-49)50-19-11-4-12-20-50;1-3-11-33(12-4-1)35-19-25-39(26-20-35)49-45-17-9-7-15-41(45)43-31-37(23-29-47(43)49)38-24-30-48-44(32-38)42-16-8-10-18-46(42)50(48)40-27-21-36(22-28-40)34-13-5-2-6-14-34/h1-40H;1-32H/b23-21+,24-22+;. The highest BCUT2D eigenvalue weighted by atomic mass is 15.1. The van der Waals surface area contributed by atoms with E-state index >= 15 is 0 Å². The van der Waals surface area contributed by atoms with Crippen molar-refractivity contribution in [1.82, 2.24) is 9.13 Å². The van der Waals surface area contributed by atoms with Gasteiger partial charge in [0, 0.05) is 67.0 Å². The normalized spacial score (nSPS) is 11.4. The van der Waals surface area contributed by atoms with E-state index in [0.29, 0.717) is 0 Å². The fourth-order valence-electron chi connectivity index (χ4n) is 14.4. The number of hydrogen-bond acceptors (Lipinski definition) is 2. The first-order valence-corrected chi connectivity index (χ1v) is 35.5. The number of aromatic nitrogens is 2. The van der Waals surface area contributed by atoms with Crippen molar-refractivity contribution in [3.05, 3.63) is 435 Å². The van der Waals surface area contributed by atoms with Crippen molar-refractivity contribution in [3.63, 3.8) is 0 Å². The molecule has 18 rings (SSSR count). The van der Waals surface area contributed by atoms with Gasteiger partial charge in [-0.05, 0) is 200 Å². The predicted octanol–water partition coefficient (Wildman–Crippen LogP) is 27.5. The molecule has 4 nitrogen and oxygen atoms in total. The third kappa shape index (κ3) is 13.3. The van der Waals surface area contributed by atoms with E-state index in [4.69, 9.17) is 0 Å². The first-order chi connectivity index (χ1) is 51.6. The minimum Gasteiger partial charge on any atom is -0.311 e. The number of benzene rings is 16. The first kappa shape index (κ1) is 63.6. The summed E-state index contributed by atoms with van der Waals surface area (Å²) >= 11 is 0. The van der Waals surface area contributed by atoms with Crippen LogP contribution in [0.15, 0.2) is 413 Å². The van der Waals surface area contributed by atoms with Gasteiger partial charge in [0.25, 0.3) is 0 Å². The lowest BCUT2D eigenvalue weighted by Crippen LogP contribution is -2.09.